The highest BCUT2D eigenvalue weighted by Gasteiger charge is 2.23. The zero-order valence-corrected chi connectivity index (χ0v) is 13.7. The molecule has 4 nitrogen and oxygen atoms in total. The molecule has 1 amide bonds. The number of nitrogens with zero attached hydrogens (tertiary/aromatic N) is 1. The van der Waals surface area contributed by atoms with Crippen LogP contribution in [0.5, 0.6) is 0 Å². The molecule has 0 bridgehead atoms. The van der Waals surface area contributed by atoms with Gasteiger partial charge in [0, 0.05) is 17.7 Å². The summed E-state index contributed by atoms with van der Waals surface area (Å²) < 4.78 is 6.13. The van der Waals surface area contributed by atoms with Gasteiger partial charge in [0.2, 0.25) is 0 Å². The Kier molecular flexibility index (Phi) is 3.79. The Morgan fingerprint density at radius 2 is 2.35 bits per heavy atom. The smallest absolute Gasteiger partial charge is 0.262 e. The van der Waals surface area contributed by atoms with Crippen molar-refractivity contribution in [1.29, 1.82) is 0 Å². The number of halogens is 1. The first-order valence-electron chi connectivity index (χ1n) is 6.51. The van der Waals surface area contributed by atoms with Gasteiger partial charge in [-0.3, -0.25) is 4.79 Å². The number of fused-ring (bicyclic) bond motifs is 1. The fraction of sp³-hybridized carbons (Fsp3) is 0.429. The number of hydrogen-bond donors (Lipinski definition) is 1. The summed E-state index contributed by atoms with van der Waals surface area (Å²) in [7, 11) is 0. The van der Waals surface area contributed by atoms with Crippen LogP contribution >= 0.6 is 27.3 Å². The summed E-state index contributed by atoms with van der Waals surface area (Å²) in [6.45, 7) is 5.33. The zero-order valence-electron chi connectivity index (χ0n) is 11.3. The largest absolute Gasteiger partial charge is 0.379 e. The van der Waals surface area contributed by atoms with E-state index >= 15 is 0 Å². The molecule has 2 aromatic heterocycles. The Morgan fingerprint density at radius 3 is 3.05 bits per heavy atom. The van der Waals surface area contributed by atoms with Gasteiger partial charge in [0.1, 0.15) is 9.71 Å². The van der Waals surface area contributed by atoms with Gasteiger partial charge in [0.05, 0.1) is 17.1 Å². The maximum Gasteiger partial charge on any atom is 0.262 e. The minimum atomic E-state index is -0.0487. The van der Waals surface area contributed by atoms with E-state index in [1.54, 1.807) is 0 Å². The second-order valence-corrected chi connectivity index (χ2v) is 6.83. The van der Waals surface area contributed by atoms with Gasteiger partial charge in [-0.05, 0) is 47.8 Å². The molecule has 0 radical (unpaired) electrons. The maximum atomic E-state index is 12.4. The molecule has 1 saturated heterocycles. The van der Waals surface area contributed by atoms with Crippen LogP contribution in [0, 0.1) is 13.8 Å². The summed E-state index contributed by atoms with van der Waals surface area (Å²) in [4.78, 5) is 18.5. The predicted molar refractivity (Wildman–Crippen MR) is 83.5 cm³/mol. The van der Waals surface area contributed by atoms with Crippen LogP contribution in [0.3, 0.4) is 0 Å². The molecule has 1 aliphatic rings. The fourth-order valence-corrected chi connectivity index (χ4v) is 4.59. The second-order valence-electron chi connectivity index (χ2n) is 5.04. The molecule has 20 heavy (non-hydrogen) atoms. The first-order valence-corrected chi connectivity index (χ1v) is 8.12. The maximum absolute atomic E-state index is 12.4. The summed E-state index contributed by atoms with van der Waals surface area (Å²) in [5.41, 5.74) is 2.11. The van der Waals surface area contributed by atoms with Crippen LogP contribution < -0.4 is 5.32 Å². The second kappa shape index (κ2) is 5.42. The van der Waals surface area contributed by atoms with Crippen LogP contribution in [0.2, 0.25) is 0 Å². The van der Waals surface area contributed by atoms with Crippen molar-refractivity contribution in [2.24, 2.45) is 0 Å². The van der Waals surface area contributed by atoms with Gasteiger partial charge in [-0.15, -0.1) is 11.3 Å². The van der Waals surface area contributed by atoms with E-state index in [-0.39, 0.29) is 11.9 Å². The van der Waals surface area contributed by atoms with Gasteiger partial charge in [0.15, 0.2) is 0 Å². The number of ether oxygens (including phenoxy) is 1. The molecule has 2 aromatic rings. The van der Waals surface area contributed by atoms with Gasteiger partial charge < -0.3 is 10.1 Å². The van der Waals surface area contributed by atoms with Crippen LogP contribution in [-0.4, -0.2) is 30.1 Å². The van der Waals surface area contributed by atoms with Crippen molar-refractivity contribution in [3.63, 3.8) is 0 Å². The minimum Gasteiger partial charge on any atom is -0.379 e. The van der Waals surface area contributed by atoms with E-state index in [0.717, 1.165) is 39.0 Å². The van der Waals surface area contributed by atoms with Crippen LogP contribution in [0.25, 0.3) is 10.2 Å². The zero-order chi connectivity index (χ0) is 14.3. The third-order valence-electron chi connectivity index (χ3n) is 3.40. The van der Waals surface area contributed by atoms with Gasteiger partial charge in [-0.2, -0.15) is 0 Å². The molecule has 1 fully saturated rings. The van der Waals surface area contributed by atoms with E-state index in [1.807, 2.05) is 19.9 Å². The molecule has 0 saturated carbocycles. The molecule has 106 valence electrons. The molecule has 1 N–H and O–H groups in total. The van der Waals surface area contributed by atoms with Crippen molar-refractivity contribution in [3.05, 3.63) is 26.7 Å². The Balaban J connectivity index is 1.97. The standard InChI is InChI=1S/C14H15BrN2O2S/c1-7-5-8(2)16-14-10(7)11(15)12(20-14)13(18)17-9-3-4-19-6-9/h5,9H,3-4,6H2,1-2H3,(H,17,18). The van der Waals surface area contributed by atoms with Crippen LogP contribution in [-0.2, 0) is 4.74 Å². The Hall–Kier alpha value is -0.980. The number of aryl methyl sites for hydroxylation is 2. The molecular formula is C14H15BrN2O2S. The number of rotatable bonds is 2. The van der Waals surface area contributed by atoms with Crippen LogP contribution in [0.1, 0.15) is 27.3 Å². The minimum absolute atomic E-state index is 0.0487. The molecule has 0 aliphatic carbocycles. The summed E-state index contributed by atoms with van der Waals surface area (Å²) in [6, 6.07) is 2.15. The number of thiophene rings is 1. The average Bonchev–Trinajstić information content (AvgIpc) is 2.97. The Labute approximate surface area is 129 Å². The van der Waals surface area contributed by atoms with Crippen LogP contribution in [0.15, 0.2) is 10.5 Å². The summed E-state index contributed by atoms with van der Waals surface area (Å²) in [5.74, 6) is -0.0487. The van der Waals surface area contributed by atoms with Crippen molar-refractivity contribution >= 4 is 43.4 Å². The van der Waals surface area contributed by atoms with Crippen molar-refractivity contribution < 1.29 is 9.53 Å². The number of amides is 1. The molecular weight excluding hydrogens is 340 g/mol. The third-order valence-corrected chi connectivity index (χ3v) is 5.54. The lowest BCUT2D eigenvalue weighted by Gasteiger charge is -2.09. The molecule has 1 aliphatic heterocycles. The van der Waals surface area contributed by atoms with Crippen LogP contribution in [0.4, 0.5) is 0 Å². The summed E-state index contributed by atoms with van der Waals surface area (Å²) in [6.07, 6.45) is 0.880. The van der Waals surface area contributed by atoms with E-state index in [1.165, 1.54) is 11.3 Å². The van der Waals surface area contributed by atoms with Gasteiger partial charge >= 0.3 is 0 Å². The number of aromatic nitrogens is 1. The third kappa shape index (κ3) is 2.47. The predicted octanol–water partition coefficient (Wildman–Crippen LogP) is 3.19. The summed E-state index contributed by atoms with van der Waals surface area (Å²) >= 11 is 4.99. The highest BCUT2D eigenvalue weighted by atomic mass is 79.9. The molecule has 3 heterocycles. The number of hydrogen-bond acceptors (Lipinski definition) is 4. The topological polar surface area (TPSA) is 51.2 Å². The van der Waals surface area contributed by atoms with E-state index < -0.39 is 0 Å². The molecule has 1 atom stereocenters. The SMILES string of the molecule is Cc1cc(C)c2c(Br)c(C(=O)NC3CCOC3)sc2n1. The lowest BCUT2D eigenvalue weighted by atomic mass is 10.2. The first-order chi connectivity index (χ1) is 9.56. The number of pyridine rings is 1. The molecule has 0 spiro atoms. The van der Waals surface area contributed by atoms with Gasteiger partial charge in [-0.25, -0.2) is 4.98 Å². The summed E-state index contributed by atoms with van der Waals surface area (Å²) in [5, 5.41) is 4.06. The molecule has 0 aromatic carbocycles. The van der Waals surface area contributed by atoms with Crippen molar-refractivity contribution in [3.8, 4) is 0 Å². The Bertz CT molecular complexity index is 677. The van der Waals surface area contributed by atoms with Crippen molar-refractivity contribution in [2.45, 2.75) is 26.3 Å². The lowest BCUT2D eigenvalue weighted by molar-refractivity contribution is 0.0933. The highest BCUT2D eigenvalue weighted by molar-refractivity contribution is 9.10. The molecule has 6 heteroatoms. The number of nitrogens with one attached hydrogen (secondary N) is 1. The van der Waals surface area contributed by atoms with Gasteiger partial charge in [-0.1, -0.05) is 0 Å². The van der Waals surface area contributed by atoms with E-state index in [0.29, 0.717) is 11.5 Å². The van der Waals surface area contributed by atoms with E-state index in [9.17, 15) is 4.79 Å². The number of carbonyl (C=O) groups excluding carboxylic acids is 1. The normalized spacial score (nSPS) is 18.6. The first kappa shape index (κ1) is 14.0. The van der Waals surface area contributed by atoms with E-state index in [2.05, 4.69) is 26.2 Å². The van der Waals surface area contributed by atoms with Crippen molar-refractivity contribution in [1.82, 2.24) is 10.3 Å². The molecule has 3 rings (SSSR count). The van der Waals surface area contributed by atoms with E-state index in [4.69, 9.17) is 4.74 Å². The van der Waals surface area contributed by atoms with Crippen molar-refractivity contribution in [2.75, 3.05) is 13.2 Å². The number of carbonyl (C=O) groups is 1. The highest BCUT2D eigenvalue weighted by Crippen LogP contribution is 2.36. The fourth-order valence-electron chi connectivity index (χ4n) is 2.44. The average molecular weight is 355 g/mol. The van der Waals surface area contributed by atoms with Gasteiger partial charge in [0.25, 0.3) is 5.91 Å². The quantitative estimate of drug-likeness (QED) is 0.900. The lowest BCUT2D eigenvalue weighted by Crippen LogP contribution is -2.34. The molecule has 1 unspecified atom stereocenters. The monoisotopic (exact) mass is 354 g/mol. The Morgan fingerprint density at radius 1 is 1.55 bits per heavy atom.